The molecule has 0 amide bonds. The van der Waals surface area contributed by atoms with Crippen LogP contribution in [0.5, 0.6) is 0 Å². The minimum Gasteiger partial charge on any atom is -0.465 e. The van der Waals surface area contributed by atoms with Crippen LogP contribution < -0.4 is 5.73 Å². The van der Waals surface area contributed by atoms with Gasteiger partial charge in [-0.3, -0.25) is 14.4 Å². The first-order valence-corrected chi connectivity index (χ1v) is 7.01. The number of thioether (sulfide) groups is 1. The lowest BCUT2D eigenvalue weighted by Gasteiger charge is -2.17. The fourth-order valence-corrected chi connectivity index (χ4v) is 2.68. The molecule has 1 aliphatic carbocycles. The standard InChI is InChI=1S/C14H13NO4S/c1-2-19-10(16)7-20-14-11(15)12(17)8-5-3-4-6-9(8)13(14)18/h3-6H,2,7,15H2,1H3. The van der Waals surface area contributed by atoms with E-state index in [4.69, 9.17) is 10.5 Å². The van der Waals surface area contributed by atoms with E-state index in [2.05, 4.69) is 0 Å². The van der Waals surface area contributed by atoms with Gasteiger partial charge in [-0.05, 0) is 6.92 Å². The summed E-state index contributed by atoms with van der Waals surface area (Å²) in [6, 6.07) is 6.50. The second-order valence-electron chi connectivity index (χ2n) is 4.04. The van der Waals surface area contributed by atoms with E-state index in [1.807, 2.05) is 0 Å². The molecule has 0 atom stereocenters. The molecule has 0 unspecified atom stereocenters. The molecule has 0 bridgehead atoms. The van der Waals surface area contributed by atoms with Crippen molar-refractivity contribution in [2.24, 2.45) is 5.73 Å². The van der Waals surface area contributed by atoms with Crippen LogP contribution in [-0.2, 0) is 9.53 Å². The highest BCUT2D eigenvalue weighted by molar-refractivity contribution is 8.04. The summed E-state index contributed by atoms with van der Waals surface area (Å²) in [5.41, 5.74) is 6.23. The van der Waals surface area contributed by atoms with Crippen molar-refractivity contribution in [1.29, 1.82) is 0 Å². The number of ketones is 2. The van der Waals surface area contributed by atoms with E-state index < -0.39 is 5.97 Å². The number of Topliss-reactive ketones (excluding diaryl/α,β-unsaturated/α-hetero) is 2. The molecule has 20 heavy (non-hydrogen) atoms. The minimum atomic E-state index is -0.447. The zero-order chi connectivity index (χ0) is 14.7. The molecule has 2 rings (SSSR count). The number of hydrogen-bond donors (Lipinski definition) is 1. The molecule has 2 N–H and O–H groups in total. The smallest absolute Gasteiger partial charge is 0.316 e. The first-order valence-electron chi connectivity index (χ1n) is 6.02. The monoisotopic (exact) mass is 291 g/mol. The molecule has 0 aliphatic heterocycles. The van der Waals surface area contributed by atoms with Crippen molar-refractivity contribution in [1.82, 2.24) is 0 Å². The molecular formula is C14H13NO4S. The number of allylic oxidation sites excluding steroid dienone is 2. The van der Waals surface area contributed by atoms with Crippen LogP contribution in [0.3, 0.4) is 0 Å². The number of fused-ring (bicyclic) bond motifs is 1. The highest BCUT2D eigenvalue weighted by atomic mass is 32.2. The lowest BCUT2D eigenvalue weighted by Crippen LogP contribution is -2.25. The lowest BCUT2D eigenvalue weighted by molar-refractivity contribution is -0.139. The molecule has 0 saturated heterocycles. The fraction of sp³-hybridized carbons (Fsp3) is 0.214. The first-order chi connectivity index (χ1) is 9.56. The van der Waals surface area contributed by atoms with Crippen molar-refractivity contribution in [2.75, 3.05) is 12.4 Å². The maximum atomic E-state index is 12.3. The van der Waals surface area contributed by atoms with Gasteiger partial charge in [-0.1, -0.05) is 24.3 Å². The predicted octanol–water partition coefficient (Wildman–Crippen LogP) is 1.53. The van der Waals surface area contributed by atoms with E-state index >= 15 is 0 Å². The Bertz CT molecular complexity index is 621. The Balaban J connectivity index is 2.26. The maximum Gasteiger partial charge on any atom is 0.316 e. The van der Waals surface area contributed by atoms with Crippen molar-refractivity contribution in [3.05, 3.63) is 46.0 Å². The highest BCUT2D eigenvalue weighted by Gasteiger charge is 2.31. The Morgan fingerprint density at radius 2 is 1.80 bits per heavy atom. The normalized spacial score (nSPS) is 14.2. The molecule has 0 saturated carbocycles. The summed E-state index contributed by atoms with van der Waals surface area (Å²) in [7, 11) is 0. The summed E-state index contributed by atoms with van der Waals surface area (Å²) in [5, 5.41) is 0. The van der Waals surface area contributed by atoms with Crippen LogP contribution >= 0.6 is 11.8 Å². The van der Waals surface area contributed by atoms with Gasteiger partial charge in [0.2, 0.25) is 11.6 Å². The molecule has 104 valence electrons. The summed E-state index contributed by atoms with van der Waals surface area (Å²) in [5.74, 6) is -1.21. The Morgan fingerprint density at radius 1 is 1.20 bits per heavy atom. The number of benzene rings is 1. The molecular weight excluding hydrogens is 278 g/mol. The SMILES string of the molecule is CCOC(=O)CSC1=C(N)C(=O)c2ccccc2C1=O. The summed E-state index contributed by atoms with van der Waals surface area (Å²) >= 11 is 0.939. The van der Waals surface area contributed by atoms with Gasteiger partial charge in [-0.2, -0.15) is 0 Å². The molecule has 0 spiro atoms. The third kappa shape index (κ3) is 2.60. The van der Waals surface area contributed by atoms with E-state index in [1.54, 1.807) is 31.2 Å². The summed E-state index contributed by atoms with van der Waals surface area (Å²) in [6.07, 6.45) is 0. The van der Waals surface area contributed by atoms with Crippen LogP contribution in [0.1, 0.15) is 27.6 Å². The molecule has 6 heteroatoms. The third-order valence-corrected chi connectivity index (χ3v) is 3.83. The number of esters is 1. The van der Waals surface area contributed by atoms with Crippen LogP contribution in [0, 0.1) is 0 Å². The minimum absolute atomic E-state index is 0.0505. The van der Waals surface area contributed by atoms with Gasteiger partial charge in [-0.25, -0.2) is 0 Å². The van der Waals surface area contributed by atoms with Gasteiger partial charge in [0.15, 0.2) is 0 Å². The molecule has 1 aliphatic rings. The van der Waals surface area contributed by atoms with E-state index in [0.29, 0.717) is 11.1 Å². The quantitative estimate of drug-likeness (QED) is 0.847. The fourth-order valence-electron chi connectivity index (χ4n) is 1.85. The largest absolute Gasteiger partial charge is 0.465 e. The number of ether oxygens (including phenoxy) is 1. The van der Waals surface area contributed by atoms with Gasteiger partial charge in [-0.15, -0.1) is 11.8 Å². The topological polar surface area (TPSA) is 86.5 Å². The summed E-state index contributed by atoms with van der Waals surface area (Å²) < 4.78 is 4.78. The first kappa shape index (κ1) is 14.3. The second kappa shape index (κ2) is 5.92. The van der Waals surface area contributed by atoms with Gasteiger partial charge >= 0.3 is 5.97 Å². The average molecular weight is 291 g/mol. The van der Waals surface area contributed by atoms with E-state index in [-0.39, 0.29) is 34.5 Å². The van der Waals surface area contributed by atoms with Crippen molar-refractivity contribution < 1.29 is 19.1 Å². The van der Waals surface area contributed by atoms with Crippen LogP contribution in [-0.4, -0.2) is 29.9 Å². The average Bonchev–Trinajstić information content (AvgIpc) is 2.45. The summed E-state index contributed by atoms with van der Waals surface area (Å²) in [6.45, 7) is 1.96. The van der Waals surface area contributed by atoms with E-state index in [1.165, 1.54) is 0 Å². The Morgan fingerprint density at radius 3 is 2.40 bits per heavy atom. The van der Waals surface area contributed by atoms with Crippen LogP contribution in [0.15, 0.2) is 34.9 Å². The van der Waals surface area contributed by atoms with Crippen LogP contribution in [0.25, 0.3) is 0 Å². The number of nitrogens with two attached hydrogens (primary N) is 1. The summed E-state index contributed by atoms with van der Waals surface area (Å²) in [4.78, 5) is 35.8. The molecule has 0 fully saturated rings. The number of carbonyl (C=O) groups excluding carboxylic acids is 3. The Labute approximate surface area is 120 Å². The van der Waals surface area contributed by atoms with Crippen molar-refractivity contribution in [2.45, 2.75) is 6.92 Å². The molecule has 0 heterocycles. The van der Waals surface area contributed by atoms with Gasteiger partial charge in [0.05, 0.1) is 23.0 Å². The zero-order valence-electron chi connectivity index (χ0n) is 10.8. The molecule has 1 aromatic rings. The van der Waals surface area contributed by atoms with E-state index in [0.717, 1.165) is 11.8 Å². The zero-order valence-corrected chi connectivity index (χ0v) is 11.7. The number of rotatable bonds is 4. The van der Waals surface area contributed by atoms with Gasteiger partial charge in [0.25, 0.3) is 0 Å². The second-order valence-corrected chi connectivity index (χ2v) is 5.03. The molecule has 1 aromatic carbocycles. The number of carbonyl (C=O) groups is 3. The van der Waals surface area contributed by atoms with Crippen molar-refractivity contribution >= 4 is 29.3 Å². The van der Waals surface area contributed by atoms with Crippen molar-refractivity contribution in [3.8, 4) is 0 Å². The predicted molar refractivity (Wildman–Crippen MR) is 75.4 cm³/mol. The molecule has 0 aromatic heterocycles. The van der Waals surface area contributed by atoms with Crippen LogP contribution in [0.4, 0.5) is 0 Å². The van der Waals surface area contributed by atoms with Gasteiger partial charge in [0.1, 0.15) is 0 Å². The third-order valence-electron chi connectivity index (χ3n) is 2.75. The number of hydrogen-bond acceptors (Lipinski definition) is 6. The van der Waals surface area contributed by atoms with Crippen molar-refractivity contribution in [3.63, 3.8) is 0 Å². The highest BCUT2D eigenvalue weighted by Crippen LogP contribution is 2.30. The van der Waals surface area contributed by atoms with Crippen LogP contribution in [0.2, 0.25) is 0 Å². The Kier molecular flexibility index (Phi) is 4.24. The lowest BCUT2D eigenvalue weighted by atomic mass is 9.93. The molecule has 0 radical (unpaired) electrons. The molecule has 5 nitrogen and oxygen atoms in total. The maximum absolute atomic E-state index is 12.3. The van der Waals surface area contributed by atoms with Gasteiger partial charge < -0.3 is 10.5 Å². The van der Waals surface area contributed by atoms with E-state index in [9.17, 15) is 14.4 Å². The van der Waals surface area contributed by atoms with Gasteiger partial charge in [0, 0.05) is 11.1 Å². The Hall–Kier alpha value is -2.08.